The fraction of sp³-hybridized carbons (Fsp3) is 0.778. The highest BCUT2D eigenvalue weighted by Gasteiger charge is 2.29. The van der Waals surface area contributed by atoms with Gasteiger partial charge in [0.05, 0.1) is 6.10 Å². The molecule has 2 nitrogen and oxygen atoms in total. The lowest BCUT2D eigenvalue weighted by Crippen LogP contribution is -2.33. The summed E-state index contributed by atoms with van der Waals surface area (Å²) in [6, 6.07) is 0.309. The first-order valence-electron chi connectivity index (χ1n) is 4.28. The number of hydrogen-bond acceptors (Lipinski definition) is 2. The van der Waals surface area contributed by atoms with Crippen LogP contribution in [0.3, 0.4) is 0 Å². The summed E-state index contributed by atoms with van der Waals surface area (Å²) < 4.78 is 0. The van der Waals surface area contributed by atoms with Gasteiger partial charge in [-0.15, -0.1) is 6.58 Å². The lowest BCUT2D eigenvalue weighted by Gasteiger charge is -2.13. The van der Waals surface area contributed by atoms with Gasteiger partial charge < -0.3 is 10.4 Å². The van der Waals surface area contributed by atoms with E-state index in [9.17, 15) is 5.11 Å². The molecular weight excluding hydrogens is 138 g/mol. The van der Waals surface area contributed by atoms with Crippen LogP contribution >= 0.6 is 0 Å². The van der Waals surface area contributed by atoms with Crippen molar-refractivity contribution in [1.82, 2.24) is 5.32 Å². The van der Waals surface area contributed by atoms with Crippen molar-refractivity contribution in [3.63, 3.8) is 0 Å². The molecule has 0 saturated heterocycles. The van der Waals surface area contributed by atoms with Gasteiger partial charge in [0.2, 0.25) is 0 Å². The summed E-state index contributed by atoms with van der Waals surface area (Å²) in [5.74, 6) is 0.569. The Morgan fingerprint density at radius 1 is 1.73 bits per heavy atom. The molecule has 0 bridgehead atoms. The Balaban J connectivity index is 2.05. The van der Waals surface area contributed by atoms with Crippen LogP contribution in [0.4, 0.5) is 0 Å². The molecule has 2 unspecified atom stereocenters. The van der Waals surface area contributed by atoms with Crippen molar-refractivity contribution >= 4 is 0 Å². The minimum Gasteiger partial charge on any atom is -0.392 e. The maximum Gasteiger partial charge on any atom is 0.0692 e. The van der Waals surface area contributed by atoms with Gasteiger partial charge in [-0.25, -0.2) is 0 Å². The summed E-state index contributed by atoms with van der Waals surface area (Å²) in [6.07, 6.45) is 4.10. The van der Waals surface area contributed by atoms with E-state index in [0.29, 0.717) is 18.5 Å². The zero-order valence-electron chi connectivity index (χ0n) is 7.09. The summed E-state index contributed by atoms with van der Waals surface area (Å²) in [5.41, 5.74) is 0. The fourth-order valence-corrected chi connectivity index (χ4v) is 1.04. The largest absolute Gasteiger partial charge is 0.392 e. The van der Waals surface area contributed by atoms with Crippen LogP contribution in [0, 0.1) is 5.92 Å². The minimum atomic E-state index is -0.141. The summed E-state index contributed by atoms with van der Waals surface area (Å²) in [4.78, 5) is 0. The van der Waals surface area contributed by atoms with Gasteiger partial charge in [-0.3, -0.25) is 0 Å². The van der Waals surface area contributed by atoms with Crippen molar-refractivity contribution in [3.8, 4) is 0 Å². The van der Waals surface area contributed by atoms with Gasteiger partial charge in [0, 0.05) is 12.6 Å². The SMILES string of the molecule is C=CC(C)NCC(O)C1CC1. The van der Waals surface area contributed by atoms with E-state index < -0.39 is 0 Å². The molecule has 1 aliphatic rings. The molecule has 0 aromatic heterocycles. The van der Waals surface area contributed by atoms with Gasteiger partial charge in [0.1, 0.15) is 0 Å². The monoisotopic (exact) mass is 155 g/mol. The van der Waals surface area contributed by atoms with E-state index in [1.165, 1.54) is 12.8 Å². The van der Waals surface area contributed by atoms with Crippen LogP contribution < -0.4 is 5.32 Å². The predicted octanol–water partition coefficient (Wildman–Crippen LogP) is 0.921. The van der Waals surface area contributed by atoms with Crippen LogP contribution in [0.5, 0.6) is 0 Å². The average Bonchev–Trinajstić information content (AvgIpc) is 2.81. The third kappa shape index (κ3) is 3.04. The van der Waals surface area contributed by atoms with Crippen molar-refractivity contribution in [2.45, 2.75) is 31.9 Å². The molecule has 1 rings (SSSR count). The molecule has 64 valence electrons. The van der Waals surface area contributed by atoms with Gasteiger partial charge in [0.25, 0.3) is 0 Å². The van der Waals surface area contributed by atoms with Crippen LogP contribution in [0.25, 0.3) is 0 Å². The lowest BCUT2D eigenvalue weighted by atomic mass is 10.2. The molecule has 0 aliphatic heterocycles. The highest BCUT2D eigenvalue weighted by Crippen LogP contribution is 2.32. The Morgan fingerprint density at radius 2 is 2.36 bits per heavy atom. The normalized spacial score (nSPS) is 22.7. The van der Waals surface area contributed by atoms with Crippen LogP contribution in [0.15, 0.2) is 12.7 Å². The molecule has 2 heteroatoms. The molecule has 0 spiro atoms. The van der Waals surface area contributed by atoms with Crippen molar-refractivity contribution < 1.29 is 5.11 Å². The molecule has 1 fully saturated rings. The quantitative estimate of drug-likeness (QED) is 0.579. The molecule has 2 atom stereocenters. The number of aliphatic hydroxyl groups is 1. The van der Waals surface area contributed by atoms with Gasteiger partial charge in [0.15, 0.2) is 0 Å². The second-order valence-corrected chi connectivity index (χ2v) is 3.34. The van der Waals surface area contributed by atoms with E-state index in [1.807, 2.05) is 13.0 Å². The standard InChI is InChI=1S/C9H17NO/c1-3-7(2)10-6-9(11)8-4-5-8/h3,7-11H,1,4-6H2,2H3. The van der Waals surface area contributed by atoms with E-state index in [2.05, 4.69) is 11.9 Å². The Bertz CT molecular complexity index is 132. The molecule has 0 aromatic carbocycles. The van der Waals surface area contributed by atoms with Crippen molar-refractivity contribution in [2.75, 3.05) is 6.54 Å². The Morgan fingerprint density at radius 3 is 2.82 bits per heavy atom. The third-order valence-electron chi connectivity index (χ3n) is 2.17. The van der Waals surface area contributed by atoms with Crippen LogP contribution in [-0.2, 0) is 0 Å². The maximum absolute atomic E-state index is 9.44. The van der Waals surface area contributed by atoms with E-state index in [-0.39, 0.29) is 6.10 Å². The summed E-state index contributed by atoms with van der Waals surface area (Å²) in [5, 5.41) is 12.6. The van der Waals surface area contributed by atoms with Gasteiger partial charge in [-0.1, -0.05) is 6.08 Å². The number of nitrogens with one attached hydrogen (secondary N) is 1. The van der Waals surface area contributed by atoms with Gasteiger partial charge in [-0.2, -0.15) is 0 Å². The molecule has 0 radical (unpaired) electrons. The van der Waals surface area contributed by atoms with E-state index >= 15 is 0 Å². The molecule has 0 heterocycles. The maximum atomic E-state index is 9.44. The third-order valence-corrected chi connectivity index (χ3v) is 2.17. The second kappa shape index (κ2) is 3.88. The van der Waals surface area contributed by atoms with Crippen LogP contribution in [0.1, 0.15) is 19.8 Å². The van der Waals surface area contributed by atoms with E-state index in [1.54, 1.807) is 0 Å². The smallest absolute Gasteiger partial charge is 0.0692 e. The van der Waals surface area contributed by atoms with Crippen molar-refractivity contribution in [3.05, 3.63) is 12.7 Å². The Kier molecular flexibility index (Phi) is 3.09. The van der Waals surface area contributed by atoms with Crippen LogP contribution in [-0.4, -0.2) is 23.8 Å². The second-order valence-electron chi connectivity index (χ2n) is 3.34. The van der Waals surface area contributed by atoms with Crippen molar-refractivity contribution in [1.29, 1.82) is 0 Å². The number of rotatable bonds is 5. The average molecular weight is 155 g/mol. The summed E-state index contributed by atoms with van der Waals surface area (Å²) in [6.45, 7) is 6.40. The number of hydrogen-bond donors (Lipinski definition) is 2. The molecular formula is C9H17NO. The molecule has 1 saturated carbocycles. The highest BCUT2D eigenvalue weighted by molar-refractivity contribution is 4.86. The zero-order valence-corrected chi connectivity index (χ0v) is 7.09. The molecule has 11 heavy (non-hydrogen) atoms. The van der Waals surface area contributed by atoms with Crippen LogP contribution in [0.2, 0.25) is 0 Å². The van der Waals surface area contributed by atoms with Gasteiger partial charge in [-0.05, 0) is 25.7 Å². The molecule has 2 N–H and O–H groups in total. The van der Waals surface area contributed by atoms with E-state index in [4.69, 9.17) is 0 Å². The minimum absolute atomic E-state index is 0.141. The Labute approximate surface area is 68.3 Å². The lowest BCUT2D eigenvalue weighted by molar-refractivity contribution is 0.147. The molecule has 0 aromatic rings. The first kappa shape index (κ1) is 8.75. The van der Waals surface area contributed by atoms with Gasteiger partial charge >= 0.3 is 0 Å². The summed E-state index contributed by atoms with van der Waals surface area (Å²) in [7, 11) is 0. The molecule has 0 amide bonds. The van der Waals surface area contributed by atoms with Crippen molar-refractivity contribution in [2.24, 2.45) is 5.92 Å². The zero-order chi connectivity index (χ0) is 8.27. The first-order valence-corrected chi connectivity index (χ1v) is 4.28. The first-order chi connectivity index (χ1) is 5.24. The molecule has 1 aliphatic carbocycles. The number of aliphatic hydroxyl groups excluding tert-OH is 1. The van der Waals surface area contributed by atoms with E-state index in [0.717, 1.165) is 0 Å². The predicted molar refractivity (Wildman–Crippen MR) is 46.4 cm³/mol. The fourth-order valence-electron chi connectivity index (χ4n) is 1.04. The Hall–Kier alpha value is -0.340. The highest BCUT2D eigenvalue weighted by atomic mass is 16.3. The topological polar surface area (TPSA) is 32.3 Å². The summed E-state index contributed by atoms with van der Waals surface area (Å²) >= 11 is 0.